The van der Waals surface area contributed by atoms with E-state index in [9.17, 15) is 4.79 Å². The molecule has 1 heterocycles. The Labute approximate surface area is 53.4 Å². The first-order valence-corrected chi connectivity index (χ1v) is 3.50. The molecular weight excluding hydrogens is 122 g/mol. The van der Waals surface area contributed by atoms with E-state index in [1.807, 2.05) is 0 Å². The van der Waals surface area contributed by atoms with Gasteiger partial charge >= 0.3 is 0 Å². The van der Waals surface area contributed by atoms with E-state index in [2.05, 4.69) is 4.31 Å². The molecule has 0 unspecified atom stereocenters. The van der Waals surface area contributed by atoms with E-state index in [1.54, 1.807) is 6.92 Å². The van der Waals surface area contributed by atoms with Crippen molar-refractivity contribution < 1.29 is 4.79 Å². The molecule has 0 N–H and O–H groups in total. The largest absolute Gasteiger partial charge is 0.286 e. The number of carbonyl (C=O) groups excluding carboxylic acids is 1. The minimum atomic E-state index is 0.199. The molecule has 1 aliphatic heterocycles. The van der Waals surface area contributed by atoms with Crippen LogP contribution in [0.1, 0.15) is 13.3 Å². The van der Waals surface area contributed by atoms with E-state index >= 15 is 0 Å². The van der Waals surface area contributed by atoms with Gasteiger partial charge in [-0.05, 0) is 18.4 Å². The van der Waals surface area contributed by atoms with Crippen molar-refractivity contribution in [3.63, 3.8) is 0 Å². The fraction of sp³-hybridized carbons (Fsp3) is 0.800. The maximum Gasteiger partial charge on any atom is 0.200 e. The molecule has 0 amide bonds. The average Bonchev–Trinajstić information content (AvgIpc) is 1.55. The van der Waals surface area contributed by atoms with Crippen molar-refractivity contribution in [1.82, 2.24) is 4.31 Å². The highest BCUT2D eigenvalue weighted by molar-refractivity contribution is 8.11. The second kappa shape index (κ2) is 2.51. The average molecular weight is 131 g/mol. The third-order valence-electron chi connectivity index (χ3n) is 1.07. The van der Waals surface area contributed by atoms with E-state index in [4.69, 9.17) is 0 Å². The lowest BCUT2D eigenvalue weighted by Gasteiger charge is -2.27. The van der Waals surface area contributed by atoms with Gasteiger partial charge < -0.3 is 0 Å². The molecule has 0 bridgehead atoms. The van der Waals surface area contributed by atoms with Crippen molar-refractivity contribution in [3.8, 4) is 0 Å². The molecule has 1 saturated heterocycles. The number of hydrogen-bond donors (Lipinski definition) is 0. The van der Waals surface area contributed by atoms with Gasteiger partial charge in [0.2, 0.25) is 5.12 Å². The first-order valence-electron chi connectivity index (χ1n) is 2.72. The molecule has 0 aromatic heterocycles. The SMILES string of the molecule is CC(=O)SN1CCC1. The summed E-state index contributed by atoms with van der Waals surface area (Å²) in [5, 5.41) is 0.199. The van der Waals surface area contributed by atoms with Crippen LogP contribution >= 0.6 is 11.9 Å². The molecule has 0 aromatic rings. The molecule has 2 nitrogen and oxygen atoms in total. The zero-order valence-electron chi connectivity index (χ0n) is 4.89. The summed E-state index contributed by atoms with van der Waals surface area (Å²) in [5.74, 6) is 0. The third kappa shape index (κ3) is 1.49. The van der Waals surface area contributed by atoms with Crippen molar-refractivity contribution >= 4 is 17.1 Å². The third-order valence-corrected chi connectivity index (χ3v) is 1.95. The number of rotatable bonds is 1. The van der Waals surface area contributed by atoms with E-state index in [0.29, 0.717) is 0 Å². The van der Waals surface area contributed by atoms with Crippen LogP contribution in [0.3, 0.4) is 0 Å². The standard InChI is InChI=1S/C5H9NOS/c1-5(7)8-6-3-2-4-6/h2-4H2,1H3. The summed E-state index contributed by atoms with van der Waals surface area (Å²) >= 11 is 1.34. The van der Waals surface area contributed by atoms with Crippen molar-refractivity contribution in [2.45, 2.75) is 13.3 Å². The monoisotopic (exact) mass is 131 g/mol. The second-order valence-corrected chi connectivity index (χ2v) is 3.14. The summed E-state index contributed by atoms with van der Waals surface area (Å²) in [4.78, 5) is 10.4. The lowest BCUT2D eigenvalue weighted by molar-refractivity contribution is -0.109. The molecule has 3 heteroatoms. The summed E-state index contributed by atoms with van der Waals surface area (Å²) in [7, 11) is 0. The summed E-state index contributed by atoms with van der Waals surface area (Å²) in [6, 6.07) is 0. The van der Waals surface area contributed by atoms with Crippen LogP contribution in [-0.4, -0.2) is 22.5 Å². The van der Waals surface area contributed by atoms with Gasteiger partial charge in [0.15, 0.2) is 0 Å². The van der Waals surface area contributed by atoms with Crippen LogP contribution < -0.4 is 0 Å². The number of hydrogen-bond acceptors (Lipinski definition) is 3. The van der Waals surface area contributed by atoms with Gasteiger partial charge in [0.1, 0.15) is 0 Å². The maximum absolute atomic E-state index is 10.4. The molecule has 0 spiro atoms. The van der Waals surface area contributed by atoms with Crippen LogP contribution in [0.2, 0.25) is 0 Å². The van der Waals surface area contributed by atoms with E-state index in [0.717, 1.165) is 13.1 Å². The Hall–Kier alpha value is -0.0200. The van der Waals surface area contributed by atoms with E-state index < -0.39 is 0 Å². The summed E-state index contributed by atoms with van der Waals surface area (Å²) in [6.45, 7) is 3.78. The van der Waals surface area contributed by atoms with Gasteiger partial charge in [-0.2, -0.15) is 0 Å². The van der Waals surface area contributed by atoms with Crippen LogP contribution in [0.4, 0.5) is 0 Å². The fourth-order valence-electron chi connectivity index (χ4n) is 0.560. The van der Waals surface area contributed by atoms with Gasteiger partial charge in [0, 0.05) is 20.0 Å². The Kier molecular flexibility index (Phi) is 1.91. The molecule has 1 fully saturated rings. The minimum absolute atomic E-state index is 0.199. The lowest BCUT2D eigenvalue weighted by atomic mass is 10.3. The Morgan fingerprint density at radius 1 is 1.62 bits per heavy atom. The van der Waals surface area contributed by atoms with Crippen LogP contribution in [0.25, 0.3) is 0 Å². The van der Waals surface area contributed by atoms with Crippen molar-refractivity contribution in [2.75, 3.05) is 13.1 Å². The highest BCUT2D eigenvalue weighted by Gasteiger charge is 2.15. The van der Waals surface area contributed by atoms with Gasteiger partial charge in [-0.25, -0.2) is 4.31 Å². The van der Waals surface area contributed by atoms with E-state index in [1.165, 1.54) is 18.4 Å². The Bertz CT molecular complexity index is 101. The van der Waals surface area contributed by atoms with Crippen LogP contribution in [0, 0.1) is 0 Å². The molecular formula is C5H9NOS. The Morgan fingerprint density at radius 2 is 2.25 bits per heavy atom. The van der Waals surface area contributed by atoms with Crippen LogP contribution in [-0.2, 0) is 4.79 Å². The Balaban J connectivity index is 2.09. The first-order chi connectivity index (χ1) is 3.79. The molecule has 0 atom stereocenters. The molecule has 1 rings (SSSR count). The Morgan fingerprint density at radius 3 is 2.38 bits per heavy atom. The molecule has 1 aliphatic rings. The molecule has 0 aromatic carbocycles. The normalized spacial score (nSPS) is 20.1. The second-order valence-electron chi connectivity index (χ2n) is 1.87. The highest BCUT2D eigenvalue weighted by Crippen LogP contribution is 2.18. The van der Waals surface area contributed by atoms with E-state index in [-0.39, 0.29) is 5.12 Å². The fourth-order valence-corrected chi connectivity index (χ4v) is 1.36. The van der Waals surface area contributed by atoms with Crippen molar-refractivity contribution in [1.29, 1.82) is 0 Å². The highest BCUT2D eigenvalue weighted by atomic mass is 32.2. The first kappa shape index (κ1) is 6.11. The molecule has 8 heavy (non-hydrogen) atoms. The predicted octanol–water partition coefficient (Wildman–Crippen LogP) is 0.887. The maximum atomic E-state index is 10.4. The lowest BCUT2D eigenvalue weighted by Crippen LogP contribution is -2.31. The topological polar surface area (TPSA) is 20.3 Å². The number of nitrogens with zero attached hydrogens (tertiary/aromatic N) is 1. The van der Waals surface area contributed by atoms with Gasteiger partial charge in [-0.1, -0.05) is 0 Å². The zero-order chi connectivity index (χ0) is 5.98. The summed E-state index contributed by atoms with van der Waals surface area (Å²) in [5.41, 5.74) is 0. The molecule has 0 saturated carbocycles. The van der Waals surface area contributed by atoms with Gasteiger partial charge in [-0.3, -0.25) is 4.79 Å². The predicted molar refractivity (Wildman–Crippen MR) is 34.5 cm³/mol. The zero-order valence-corrected chi connectivity index (χ0v) is 5.70. The van der Waals surface area contributed by atoms with Crippen molar-refractivity contribution in [2.24, 2.45) is 0 Å². The van der Waals surface area contributed by atoms with Gasteiger partial charge in [0.05, 0.1) is 0 Å². The molecule has 0 radical (unpaired) electrons. The number of carbonyl (C=O) groups is 1. The smallest absolute Gasteiger partial charge is 0.200 e. The molecule has 0 aliphatic carbocycles. The summed E-state index contributed by atoms with van der Waals surface area (Å²) < 4.78 is 2.07. The summed E-state index contributed by atoms with van der Waals surface area (Å²) in [6.07, 6.45) is 1.25. The quantitative estimate of drug-likeness (QED) is 0.493. The van der Waals surface area contributed by atoms with Crippen LogP contribution in [0.15, 0.2) is 0 Å². The van der Waals surface area contributed by atoms with Gasteiger partial charge in [0.25, 0.3) is 0 Å². The van der Waals surface area contributed by atoms with Gasteiger partial charge in [-0.15, -0.1) is 0 Å². The molecule has 46 valence electrons. The van der Waals surface area contributed by atoms with Crippen molar-refractivity contribution in [3.05, 3.63) is 0 Å². The minimum Gasteiger partial charge on any atom is -0.286 e. The van der Waals surface area contributed by atoms with Crippen LogP contribution in [0.5, 0.6) is 0 Å².